The van der Waals surface area contributed by atoms with Gasteiger partial charge in [0.2, 0.25) is 0 Å². The summed E-state index contributed by atoms with van der Waals surface area (Å²) < 4.78 is 0. The summed E-state index contributed by atoms with van der Waals surface area (Å²) in [6.45, 7) is 16.4. The topological polar surface area (TPSA) is 51.2 Å². The maximum absolute atomic E-state index is 13.6. The first-order valence-corrected chi connectivity index (χ1v) is 22.5. The number of carbonyl (C=O) groups excluding carboxylic acids is 3. The van der Waals surface area contributed by atoms with Crippen molar-refractivity contribution in [1.82, 2.24) is 0 Å². The fourth-order valence-electron chi connectivity index (χ4n) is 9.89. The average molecular weight is 767 g/mol. The van der Waals surface area contributed by atoms with Gasteiger partial charge in [0.25, 0.3) is 0 Å². The van der Waals surface area contributed by atoms with Gasteiger partial charge in [-0.05, 0) is 83.6 Å². The molecule has 0 aliphatic heterocycles. The Bertz CT molecular complexity index is 1870. The number of ketones is 3. The lowest BCUT2D eigenvalue weighted by Gasteiger charge is -2.49. The highest BCUT2D eigenvalue weighted by Gasteiger charge is 2.43. The number of hydrogen-bond acceptors (Lipinski definition) is 3. The molecule has 4 aromatic carbocycles. The van der Waals surface area contributed by atoms with Gasteiger partial charge < -0.3 is 0 Å². The summed E-state index contributed by atoms with van der Waals surface area (Å²) in [5, 5.41) is 0. The minimum atomic E-state index is -0.323. The van der Waals surface area contributed by atoms with E-state index in [0.29, 0.717) is 28.9 Å². The van der Waals surface area contributed by atoms with Gasteiger partial charge in [-0.25, -0.2) is 0 Å². The Kier molecular flexibility index (Phi) is 15.9. The number of rotatable bonds is 18. The molecule has 2 aliphatic carbocycles. The van der Waals surface area contributed by atoms with Crippen molar-refractivity contribution in [3.05, 3.63) is 142 Å². The van der Waals surface area contributed by atoms with Crippen LogP contribution in [0, 0.1) is 18.3 Å². The van der Waals surface area contributed by atoms with Gasteiger partial charge >= 0.3 is 0 Å². The fourth-order valence-corrected chi connectivity index (χ4v) is 9.89. The van der Waals surface area contributed by atoms with Crippen molar-refractivity contribution in [1.29, 1.82) is 0 Å². The van der Waals surface area contributed by atoms with E-state index in [1.807, 2.05) is 114 Å². The molecule has 0 bridgehead atoms. The summed E-state index contributed by atoms with van der Waals surface area (Å²) in [6.07, 6.45) is 15.8. The molecular formula is C54H70O3. The van der Waals surface area contributed by atoms with E-state index in [9.17, 15) is 14.4 Å². The van der Waals surface area contributed by atoms with Crippen LogP contribution in [0.3, 0.4) is 0 Å². The molecule has 6 rings (SSSR count). The number of carbonyl (C=O) groups is 3. The molecule has 57 heavy (non-hydrogen) atoms. The number of hydrogen-bond donors (Lipinski definition) is 0. The van der Waals surface area contributed by atoms with Gasteiger partial charge in [-0.2, -0.15) is 0 Å². The van der Waals surface area contributed by atoms with Crippen LogP contribution in [0.5, 0.6) is 0 Å². The van der Waals surface area contributed by atoms with E-state index in [1.54, 1.807) is 0 Å². The Morgan fingerprint density at radius 1 is 0.614 bits per heavy atom. The largest absolute Gasteiger partial charge is 0.298 e. The van der Waals surface area contributed by atoms with Crippen LogP contribution >= 0.6 is 0 Å². The Morgan fingerprint density at radius 2 is 1.09 bits per heavy atom. The highest BCUT2D eigenvalue weighted by molar-refractivity contribution is 6.01. The molecule has 2 fully saturated rings. The quantitative estimate of drug-likeness (QED) is 0.0948. The molecule has 5 atom stereocenters. The van der Waals surface area contributed by atoms with E-state index in [-0.39, 0.29) is 41.0 Å². The molecule has 0 radical (unpaired) electrons. The second kappa shape index (κ2) is 20.5. The minimum absolute atomic E-state index is 0.0712. The van der Waals surface area contributed by atoms with Gasteiger partial charge in [-0.3, -0.25) is 14.4 Å². The number of aryl methyl sites for hydroxylation is 1. The van der Waals surface area contributed by atoms with Gasteiger partial charge in [0.05, 0.1) is 0 Å². The summed E-state index contributed by atoms with van der Waals surface area (Å²) in [7, 11) is 0. The minimum Gasteiger partial charge on any atom is -0.298 e. The summed E-state index contributed by atoms with van der Waals surface area (Å²) >= 11 is 0. The summed E-state index contributed by atoms with van der Waals surface area (Å²) in [5.74, 6) is 1.16. The van der Waals surface area contributed by atoms with Gasteiger partial charge in [-0.15, -0.1) is 0 Å². The van der Waals surface area contributed by atoms with Crippen molar-refractivity contribution in [3.63, 3.8) is 0 Å². The molecule has 3 heteroatoms. The Labute approximate surface area is 345 Å². The van der Waals surface area contributed by atoms with Crippen LogP contribution < -0.4 is 0 Å². The zero-order valence-electron chi connectivity index (χ0n) is 36.4. The molecule has 0 saturated heterocycles. The third-order valence-electron chi connectivity index (χ3n) is 13.9. The second-order valence-corrected chi connectivity index (χ2v) is 17.5. The lowest BCUT2D eigenvalue weighted by atomic mass is 9.56. The molecule has 2 aliphatic rings. The lowest BCUT2D eigenvalue weighted by molar-refractivity contribution is -0.121. The van der Waals surface area contributed by atoms with Crippen molar-refractivity contribution in [2.45, 2.75) is 162 Å². The molecule has 0 N–H and O–H groups in total. The SMILES string of the molecule is CC.CCC(c1ccc(C(C)CC(=O)c2ccc(C(C)C(=O)C(C)c3ccc(C(=O)C(C)c4ccc(C)cc4)cc3)cc2)cc1)C1(CCCC2CCCC2)CCC1. The van der Waals surface area contributed by atoms with Crippen molar-refractivity contribution in [3.8, 4) is 0 Å². The molecule has 304 valence electrons. The molecule has 0 spiro atoms. The molecule has 2 saturated carbocycles. The van der Waals surface area contributed by atoms with E-state index in [0.717, 1.165) is 22.6 Å². The zero-order valence-corrected chi connectivity index (χ0v) is 36.4. The maximum atomic E-state index is 13.6. The summed E-state index contributed by atoms with van der Waals surface area (Å²) in [5.41, 5.74) is 8.50. The third kappa shape index (κ3) is 10.7. The third-order valence-corrected chi connectivity index (χ3v) is 13.9. The summed E-state index contributed by atoms with van der Waals surface area (Å²) in [4.78, 5) is 40.3. The Hall–Kier alpha value is -4.11. The Morgan fingerprint density at radius 3 is 1.60 bits per heavy atom. The monoisotopic (exact) mass is 767 g/mol. The van der Waals surface area contributed by atoms with Gasteiger partial charge in [0.15, 0.2) is 11.6 Å². The predicted octanol–water partition coefficient (Wildman–Crippen LogP) is 14.9. The lowest BCUT2D eigenvalue weighted by Crippen LogP contribution is -2.36. The highest BCUT2D eigenvalue weighted by atomic mass is 16.1. The van der Waals surface area contributed by atoms with E-state index in [4.69, 9.17) is 0 Å². The van der Waals surface area contributed by atoms with Crippen LogP contribution in [-0.4, -0.2) is 17.3 Å². The normalized spacial score (nSPS) is 17.6. The van der Waals surface area contributed by atoms with Crippen molar-refractivity contribution >= 4 is 17.3 Å². The van der Waals surface area contributed by atoms with Gasteiger partial charge in [-0.1, -0.05) is 196 Å². The van der Waals surface area contributed by atoms with Crippen LogP contribution in [0.2, 0.25) is 0 Å². The maximum Gasteiger partial charge on any atom is 0.170 e. The van der Waals surface area contributed by atoms with Crippen molar-refractivity contribution in [2.24, 2.45) is 11.3 Å². The zero-order chi connectivity index (χ0) is 41.1. The first kappa shape index (κ1) is 44.0. The van der Waals surface area contributed by atoms with Crippen LogP contribution in [0.1, 0.15) is 209 Å². The van der Waals surface area contributed by atoms with Gasteiger partial charge in [0.1, 0.15) is 5.78 Å². The molecule has 4 aromatic rings. The number of benzene rings is 4. The predicted molar refractivity (Wildman–Crippen MR) is 239 cm³/mol. The van der Waals surface area contributed by atoms with E-state index in [1.165, 1.54) is 87.3 Å². The molecule has 3 nitrogen and oxygen atoms in total. The van der Waals surface area contributed by atoms with Crippen LogP contribution in [0.25, 0.3) is 0 Å². The van der Waals surface area contributed by atoms with E-state index < -0.39 is 0 Å². The molecule has 0 aromatic heterocycles. The van der Waals surface area contributed by atoms with Crippen LogP contribution in [0.15, 0.2) is 97.1 Å². The number of Topliss-reactive ketones (excluding diaryl/α,β-unsaturated/α-hetero) is 3. The fraction of sp³-hybridized carbons (Fsp3) is 0.500. The smallest absolute Gasteiger partial charge is 0.170 e. The first-order chi connectivity index (χ1) is 27.5. The Balaban J connectivity index is 0.00000305. The first-order valence-electron chi connectivity index (χ1n) is 22.5. The summed E-state index contributed by atoms with van der Waals surface area (Å²) in [6, 6.07) is 32.5. The standard InChI is InChI=1S/C52H64O3.C2H6/c1-7-48(52(32-11-33-52)31-10-14-40-12-8-9-13-40)45-25-19-41(20-26-45)36(3)34-49(53)46-27-21-43(22-28-46)37(4)50(54)38(5)44-23-29-47(30-24-44)51(55)39(6)42-17-15-35(2)16-18-42;1-2/h15-30,36-40,48H,7-14,31-34H2,1-6H3;1-2H3. The molecule has 0 amide bonds. The van der Waals surface area contributed by atoms with Crippen LogP contribution in [0.4, 0.5) is 0 Å². The van der Waals surface area contributed by atoms with Gasteiger partial charge in [0, 0.05) is 35.3 Å². The van der Waals surface area contributed by atoms with Crippen molar-refractivity contribution < 1.29 is 14.4 Å². The average Bonchev–Trinajstić information content (AvgIpc) is 3.76. The van der Waals surface area contributed by atoms with Crippen molar-refractivity contribution in [2.75, 3.05) is 0 Å². The molecular weight excluding hydrogens is 697 g/mol. The second-order valence-electron chi connectivity index (χ2n) is 17.5. The molecule has 5 unspecified atom stereocenters. The highest BCUT2D eigenvalue weighted by Crippen LogP contribution is 2.56. The van der Waals surface area contributed by atoms with E-state index in [2.05, 4.69) is 38.1 Å². The molecule has 0 heterocycles. The van der Waals surface area contributed by atoms with E-state index >= 15 is 0 Å². The van der Waals surface area contributed by atoms with Crippen LogP contribution in [-0.2, 0) is 4.79 Å².